The van der Waals surface area contributed by atoms with Gasteiger partial charge in [-0.05, 0) is 12.8 Å². The van der Waals surface area contributed by atoms with Crippen LogP contribution in [0.4, 0.5) is 0 Å². The zero-order chi connectivity index (χ0) is 10.7. The molecule has 0 aromatic carbocycles. The van der Waals surface area contributed by atoms with Crippen LogP contribution in [0.1, 0.15) is 56.9 Å². The first-order valence-electron chi connectivity index (χ1n) is 5.93. The average Bonchev–Trinajstić information content (AvgIpc) is 2.85. The van der Waals surface area contributed by atoms with Crippen LogP contribution in [-0.4, -0.2) is 11.0 Å². The van der Waals surface area contributed by atoms with Crippen molar-refractivity contribution in [3.05, 3.63) is 17.8 Å². The summed E-state index contributed by atoms with van der Waals surface area (Å²) in [5.41, 5.74) is 1.11. The van der Waals surface area contributed by atoms with Crippen LogP contribution in [0.3, 0.4) is 0 Å². The van der Waals surface area contributed by atoms with Crippen molar-refractivity contribution < 1.29 is 4.42 Å². The lowest BCUT2D eigenvalue weighted by atomic mass is 10.0. The molecule has 1 saturated carbocycles. The van der Waals surface area contributed by atoms with E-state index in [1.807, 2.05) is 0 Å². The molecular weight excluding hydrogens is 188 g/mol. The SMILES string of the molecule is CC(C)NCc1ncoc1C1CCCC1. The second kappa shape index (κ2) is 4.79. The Labute approximate surface area is 91.3 Å². The van der Waals surface area contributed by atoms with Gasteiger partial charge in [0.25, 0.3) is 0 Å². The minimum atomic E-state index is 0.498. The first-order valence-corrected chi connectivity index (χ1v) is 5.93. The van der Waals surface area contributed by atoms with Crippen LogP contribution in [-0.2, 0) is 6.54 Å². The monoisotopic (exact) mass is 208 g/mol. The van der Waals surface area contributed by atoms with Gasteiger partial charge in [0.15, 0.2) is 6.39 Å². The Morgan fingerprint density at radius 3 is 2.87 bits per heavy atom. The Morgan fingerprint density at radius 1 is 1.47 bits per heavy atom. The van der Waals surface area contributed by atoms with Crippen molar-refractivity contribution in [3.8, 4) is 0 Å². The van der Waals surface area contributed by atoms with Crippen LogP contribution in [0.15, 0.2) is 10.8 Å². The van der Waals surface area contributed by atoms with E-state index in [2.05, 4.69) is 24.1 Å². The quantitative estimate of drug-likeness (QED) is 0.826. The smallest absolute Gasteiger partial charge is 0.181 e. The molecule has 0 radical (unpaired) electrons. The van der Waals surface area contributed by atoms with E-state index in [1.165, 1.54) is 25.7 Å². The summed E-state index contributed by atoms with van der Waals surface area (Å²) in [4.78, 5) is 4.30. The number of nitrogens with zero attached hydrogens (tertiary/aromatic N) is 1. The van der Waals surface area contributed by atoms with Gasteiger partial charge in [0, 0.05) is 18.5 Å². The maximum atomic E-state index is 5.53. The normalized spacial score (nSPS) is 17.8. The third-order valence-corrected chi connectivity index (χ3v) is 3.08. The van der Waals surface area contributed by atoms with E-state index in [-0.39, 0.29) is 0 Å². The molecule has 0 atom stereocenters. The van der Waals surface area contributed by atoms with E-state index in [1.54, 1.807) is 6.39 Å². The minimum absolute atomic E-state index is 0.498. The van der Waals surface area contributed by atoms with Gasteiger partial charge in [0.2, 0.25) is 0 Å². The summed E-state index contributed by atoms with van der Waals surface area (Å²) in [6.45, 7) is 5.13. The summed E-state index contributed by atoms with van der Waals surface area (Å²) in [6.07, 6.45) is 6.80. The Hall–Kier alpha value is -0.830. The predicted octanol–water partition coefficient (Wildman–Crippen LogP) is 2.83. The minimum Gasteiger partial charge on any atom is -0.448 e. The molecule has 0 amide bonds. The van der Waals surface area contributed by atoms with Crippen molar-refractivity contribution in [1.29, 1.82) is 0 Å². The van der Waals surface area contributed by atoms with Gasteiger partial charge in [-0.1, -0.05) is 26.7 Å². The van der Waals surface area contributed by atoms with Crippen LogP contribution >= 0.6 is 0 Å². The number of hydrogen-bond donors (Lipinski definition) is 1. The van der Waals surface area contributed by atoms with E-state index < -0.39 is 0 Å². The van der Waals surface area contributed by atoms with Crippen molar-refractivity contribution in [1.82, 2.24) is 10.3 Å². The predicted molar refractivity (Wildman–Crippen MR) is 59.7 cm³/mol. The molecule has 0 aliphatic heterocycles. The molecule has 1 heterocycles. The highest BCUT2D eigenvalue weighted by Crippen LogP contribution is 2.35. The molecule has 15 heavy (non-hydrogen) atoms. The Morgan fingerprint density at radius 2 is 2.20 bits per heavy atom. The summed E-state index contributed by atoms with van der Waals surface area (Å²) >= 11 is 0. The van der Waals surface area contributed by atoms with Gasteiger partial charge in [-0.15, -0.1) is 0 Å². The lowest BCUT2D eigenvalue weighted by Crippen LogP contribution is -2.22. The number of rotatable bonds is 4. The zero-order valence-electron chi connectivity index (χ0n) is 9.62. The fraction of sp³-hybridized carbons (Fsp3) is 0.750. The van der Waals surface area contributed by atoms with Gasteiger partial charge in [-0.25, -0.2) is 4.98 Å². The molecule has 3 nitrogen and oxygen atoms in total. The van der Waals surface area contributed by atoms with Crippen molar-refractivity contribution in [3.63, 3.8) is 0 Å². The first kappa shape index (κ1) is 10.7. The van der Waals surface area contributed by atoms with Crippen LogP contribution in [0.2, 0.25) is 0 Å². The van der Waals surface area contributed by atoms with Gasteiger partial charge >= 0.3 is 0 Å². The molecule has 1 aliphatic rings. The second-order valence-corrected chi connectivity index (χ2v) is 4.68. The lowest BCUT2D eigenvalue weighted by Gasteiger charge is -2.10. The summed E-state index contributed by atoms with van der Waals surface area (Å²) in [5.74, 6) is 1.75. The lowest BCUT2D eigenvalue weighted by molar-refractivity contribution is 0.453. The van der Waals surface area contributed by atoms with E-state index in [9.17, 15) is 0 Å². The third-order valence-electron chi connectivity index (χ3n) is 3.08. The molecule has 0 unspecified atom stereocenters. The van der Waals surface area contributed by atoms with Crippen molar-refractivity contribution in [2.24, 2.45) is 0 Å². The van der Waals surface area contributed by atoms with Gasteiger partial charge in [0.05, 0.1) is 5.69 Å². The number of oxazole rings is 1. The standard InChI is InChI=1S/C12H20N2O/c1-9(2)13-7-11-12(15-8-14-11)10-5-3-4-6-10/h8-10,13H,3-7H2,1-2H3. The molecule has 1 aromatic heterocycles. The first-order chi connectivity index (χ1) is 7.27. The maximum Gasteiger partial charge on any atom is 0.181 e. The molecule has 1 fully saturated rings. The Bertz CT molecular complexity index is 300. The second-order valence-electron chi connectivity index (χ2n) is 4.68. The van der Waals surface area contributed by atoms with Crippen LogP contribution < -0.4 is 5.32 Å². The number of hydrogen-bond acceptors (Lipinski definition) is 3. The summed E-state index contributed by atoms with van der Waals surface area (Å²) in [7, 11) is 0. The van der Waals surface area contributed by atoms with Crippen molar-refractivity contribution in [2.75, 3.05) is 0 Å². The fourth-order valence-corrected chi connectivity index (χ4v) is 2.23. The molecular formula is C12H20N2O. The van der Waals surface area contributed by atoms with E-state index in [0.29, 0.717) is 12.0 Å². The third kappa shape index (κ3) is 2.59. The molecule has 0 bridgehead atoms. The molecule has 1 N–H and O–H groups in total. The zero-order valence-corrected chi connectivity index (χ0v) is 9.62. The van der Waals surface area contributed by atoms with Gasteiger partial charge in [0.1, 0.15) is 5.76 Å². The highest BCUT2D eigenvalue weighted by atomic mass is 16.3. The molecule has 0 spiro atoms. The Balaban J connectivity index is 2.01. The summed E-state index contributed by atoms with van der Waals surface area (Å²) in [6, 6.07) is 0.498. The van der Waals surface area contributed by atoms with Crippen LogP contribution in [0, 0.1) is 0 Å². The molecule has 1 aromatic rings. The van der Waals surface area contributed by atoms with Gasteiger partial charge in [-0.3, -0.25) is 0 Å². The summed E-state index contributed by atoms with van der Waals surface area (Å²) in [5, 5.41) is 3.39. The van der Waals surface area contributed by atoms with Crippen LogP contribution in [0.25, 0.3) is 0 Å². The maximum absolute atomic E-state index is 5.53. The molecule has 84 valence electrons. The fourth-order valence-electron chi connectivity index (χ4n) is 2.23. The Kier molecular flexibility index (Phi) is 3.41. The van der Waals surface area contributed by atoms with E-state index in [4.69, 9.17) is 4.42 Å². The average molecular weight is 208 g/mol. The number of nitrogens with one attached hydrogen (secondary N) is 1. The van der Waals surface area contributed by atoms with E-state index in [0.717, 1.165) is 18.0 Å². The molecule has 0 saturated heterocycles. The van der Waals surface area contributed by atoms with E-state index >= 15 is 0 Å². The topological polar surface area (TPSA) is 38.1 Å². The van der Waals surface area contributed by atoms with Crippen molar-refractivity contribution >= 4 is 0 Å². The molecule has 3 heteroatoms. The molecule has 2 rings (SSSR count). The number of aromatic nitrogens is 1. The molecule has 1 aliphatic carbocycles. The summed E-state index contributed by atoms with van der Waals surface area (Å²) < 4.78 is 5.53. The van der Waals surface area contributed by atoms with Crippen LogP contribution in [0.5, 0.6) is 0 Å². The van der Waals surface area contributed by atoms with Gasteiger partial charge < -0.3 is 9.73 Å². The van der Waals surface area contributed by atoms with Gasteiger partial charge in [-0.2, -0.15) is 0 Å². The highest BCUT2D eigenvalue weighted by Gasteiger charge is 2.23. The van der Waals surface area contributed by atoms with Crippen molar-refractivity contribution in [2.45, 2.75) is 58.0 Å². The highest BCUT2D eigenvalue weighted by molar-refractivity contribution is 5.13. The largest absolute Gasteiger partial charge is 0.448 e.